The van der Waals surface area contributed by atoms with Gasteiger partial charge in [0.2, 0.25) is 0 Å². The Balaban J connectivity index is 1.76. The van der Waals surface area contributed by atoms with Crippen LogP contribution >= 0.6 is 0 Å². The van der Waals surface area contributed by atoms with E-state index in [9.17, 15) is 4.79 Å². The molecule has 2 aromatic rings. The van der Waals surface area contributed by atoms with E-state index >= 15 is 0 Å². The van der Waals surface area contributed by atoms with Crippen molar-refractivity contribution in [1.82, 2.24) is 5.43 Å². The highest BCUT2D eigenvalue weighted by Crippen LogP contribution is 2.16. The smallest absolute Gasteiger partial charge is 0.277 e. The molecule has 0 bridgehead atoms. The van der Waals surface area contributed by atoms with Gasteiger partial charge in [-0.3, -0.25) is 4.79 Å². The van der Waals surface area contributed by atoms with E-state index < -0.39 is 0 Å². The Kier molecular flexibility index (Phi) is 7.37. The second-order valence-electron chi connectivity index (χ2n) is 5.95. The van der Waals surface area contributed by atoms with Crippen molar-refractivity contribution in [3.8, 4) is 5.75 Å². The molecule has 1 amide bonds. The van der Waals surface area contributed by atoms with Crippen LogP contribution in [0, 0.1) is 13.8 Å². The van der Waals surface area contributed by atoms with Gasteiger partial charge in [0.15, 0.2) is 6.61 Å². The van der Waals surface area contributed by atoms with Crippen LogP contribution in [0.1, 0.15) is 23.6 Å². The molecule has 0 atom stereocenters. The van der Waals surface area contributed by atoms with Crippen molar-refractivity contribution in [1.29, 1.82) is 0 Å². The van der Waals surface area contributed by atoms with Gasteiger partial charge < -0.3 is 4.74 Å². The van der Waals surface area contributed by atoms with Gasteiger partial charge in [0.25, 0.3) is 5.91 Å². The summed E-state index contributed by atoms with van der Waals surface area (Å²) in [5.74, 6) is 0.380. The van der Waals surface area contributed by atoms with Crippen molar-refractivity contribution in [2.24, 2.45) is 5.10 Å². The Bertz CT molecular complexity index is 821. The quantitative estimate of drug-likeness (QED) is 0.457. The molecule has 0 spiro atoms. The summed E-state index contributed by atoms with van der Waals surface area (Å²) in [4.78, 5) is 11.8. The predicted molar refractivity (Wildman–Crippen MR) is 107 cm³/mol. The van der Waals surface area contributed by atoms with E-state index in [2.05, 4.69) is 10.5 Å². The molecule has 0 unspecified atom stereocenters. The predicted octanol–water partition coefficient (Wildman–Crippen LogP) is 4.44. The summed E-state index contributed by atoms with van der Waals surface area (Å²) in [6.45, 7) is 5.79. The highest BCUT2D eigenvalue weighted by molar-refractivity contribution is 5.94. The van der Waals surface area contributed by atoms with Crippen molar-refractivity contribution in [3.05, 3.63) is 83.4 Å². The molecule has 134 valence electrons. The molecule has 0 saturated carbocycles. The van der Waals surface area contributed by atoms with Crippen LogP contribution in [-0.2, 0) is 4.79 Å². The Hall–Kier alpha value is -3.14. The Morgan fingerprint density at radius 2 is 1.85 bits per heavy atom. The maximum absolute atomic E-state index is 11.8. The zero-order chi connectivity index (χ0) is 18.8. The summed E-state index contributed by atoms with van der Waals surface area (Å²) in [5.41, 5.74) is 6.63. The number of hydrogen-bond donors (Lipinski definition) is 1. The zero-order valence-electron chi connectivity index (χ0n) is 15.4. The number of carbonyl (C=O) groups excluding carboxylic acids is 1. The van der Waals surface area contributed by atoms with E-state index in [-0.39, 0.29) is 12.5 Å². The molecule has 0 aliphatic heterocycles. The number of nitrogens with zero attached hydrogens (tertiary/aromatic N) is 1. The van der Waals surface area contributed by atoms with E-state index in [0.717, 1.165) is 11.1 Å². The molecule has 26 heavy (non-hydrogen) atoms. The molecule has 0 radical (unpaired) electrons. The standard InChI is InChI=1S/C22H24N2O2/c1-17-13-14-21(15-18(17)2)26-16-22(25)24-23-19(3)9-7-8-12-20-10-5-4-6-11-20/h4-15H,16H2,1-3H3,(H,24,25)/b9-7+,12-8+,23-19-. The van der Waals surface area contributed by atoms with Crippen molar-refractivity contribution >= 4 is 17.7 Å². The first-order valence-electron chi connectivity index (χ1n) is 8.47. The Morgan fingerprint density at radius 3 is 2.58 bits per heavy atom. The van der Waals surface area contributed by atoms with E-state index in [1.165, 1.54) is 5.56 Å². The van der Waals surface area contributed by atoms with Crippen LogP contribution in [0.3, 0.4) is 0 Å². The number of allylic oxidation sites excluding steroid dienone is 3. The fourth-order valence-electron chi connectivity index (χ4n) is 2.10. The number of aryl methyl sites for hydroxylation is 2. The summed E-state index contributed by atoms with van der Waals surface area (Å²) in [6.07, 6.45) is 7.63. The molecule has 0 heterocycles. The minimum atomic E-state index is -0.296. The number of rotatable bonds is 7. The maximum atomic E-state index is 11.8. The molecule has 2 rings (SSSR count). The van der Waals surface area contributed by atoms with Crippen LogP contribution in [0.25, 0.3) is 6.08 Å². The number of hydrogen-bond acceptors (Lipinski definition) is 3. The van der Waals surface area contributed by atoms with E-state index in [1.54, 1.807) is 0 Å². The van der Waals surface area contributed by atoms with Crippen LogP contribution in [-0.4, -0.2) is 18.2 Å². The monoisotopic (exact) mass is 348 g/mol. The first kappa shape index (κ1) is 19.2. The van der Waals surface area contributed by atoms with E-state index in [1.807, 2.05) is 93.6 Å². The summed E-state index contributed by atoms with van der Waals surface area (Å²) < 4.78 is 5.47. The minimum absolute atomic E-state index is 0.0725. The highest BCUT2D eigenvalue weighted by Gasteiger charge is 2.02. The fourth-order valence-corrected chi connectivity index (χ4v) is 2.10. The molecule has 4 heteroatoms. The maximum Gasteiger partial charge on any atom is 0.277 e. The third kappa shape index (κ3) is 6.77. The number of nitrogens with one attached hydrogen (secondary N) is 1. The molecule has 0 fully saturated rings. The van der Waals surface area contributed by atoms with Crippen molar-refractivity contribution in [3.63, 3.8) is 0 Å². The van der Waals surface area contributed by atoms with Gasteiger partial charge >= 0.3 is 0 Å². The van der Waals surface area contributed by atoms with Gasteiger partial charge in [-0.25, -0.2) is 5.43 Å². The van der Waals surface area contributed by atoms with Crippen LogP contribution in [0.4, 0.5) is 0 Å². The van der Waals surface area contributed by atoms with Crippen molar-refractivity contribution in [2.75, 3.05) is 6.61 Å². The lowest BCUT2D eigenvalue weighted by molar-refractivity contribution is -0.123. The van der Waals surface area contributed by atoms with Crippen LogP contribution in [0.15, 0.2) is 71.9 Å². The summed E-state index contributed by atoms with van der Waals surface area (Å²) in [5, 5.41) is 4.03. The average Bonchev–Trinajstić information content (AvgIpc) is 2.65. The van der Waals surface area contributed by atoms with Gasteiger partial charge in [-0.2, -0.15) is 5.10 Å². The lowest BCUT2D eigenvalue weighted by Crippen LogP contribution is -2.25. The fraction of sp³-hybridized carbons (Fsp3) is 0.182. The Morgan fingerprint density at radius 1 is 1.08 bits per heavy atom. The topological polar surface area (TPSA) is 50.7 Å². The second kappa shape index (κ2) is 9.99. The van der Waals surface area contributed by atoms with Crippen LogP contribution in [0.2, 0.25) is 0 Å². The average molecular weight is 348 g/mol. The lowest BCUT2D eigenvalue weighted by Gasteiger charge is -2.07. The third-order valence-corrected chi connectivity index (χ3v) is 3.74. The third-order valence-electron chi connectivity index (χ3n) is 3.74. The molecule has 0 saturated heterocycles. The van der Waals surface area contributed by atoms with Crippen molar-refractivity contribution in [2.45, 2.75) is 20.8 Å². The lowest BCUT2D eigenvalue weighted by atomic mass is 10.1. The Labute approximate surface area is 154 Å². The molecule has 4 nitrogen and oxygen atoms in total. The first-order chi connectivity index (χ1) is 12.5. The first-order valence-corrected chi connectivity index (χ1v) is 8.47. The largest absolute Gasteiger partial charge is 0.484 e. The van der Waals surface area contributed by atoms with Crippen LogP contribution in [0.5, 0.6) is 5.75 Å². The molecule has 2 aromatic carbocycles. The number of amides is 1. The van der Waals surface area contributed by atoms with Gasteiger partial charge in [0.05, 0.1) is 5.71 Å². The molecular weight excluding hydrogens is 324 g/mol. The SMILES string of the molecule is CC(/C=C/C=C/c1ccccc1)=N/NC(=O)COc1ccc(C)c(C)c1. The molecular formula is C22H24N2O2. The van der Waals surface area contributed by atoms with Gasteiger partial charge in [0, 0.05) is 0 Å². The van der Waals surface area contributed by atoms with E-state index in [4.69, 9.17) is 4.74 Å². The minimum Gasteiger partial charge on any atom is -0.484 e. The number of ether oxygens (including phenoxy) is 1. The molecule has 0 aliphatic carbocycles. The zero-order valence-corrected chi connectivity index (χ0v) is 15.4. The normalized spacial score (nSPS) is 11.9. The summed E-state index contributed by atoms with van der Waals surface area (Å²) in [6, 6.07) is 15.8. The summed E-state index contributed by atoms with van der Waals surface area (Å²) in [7, 11) is 0. The number of hydrazone groups is 1. The molecule has 0 aliphatic rings. The second-order valence-corrected chi connectivity index (χ2v) is 5.95. The molecule has 0 aromatic heterocycles. The number of benzene rings is 2. The van der Waals surface area contributed by atoms with Gasteiger partial charge in [-0.1, -0.05) is 54.6 Å². The van der Waals surface area contributed by atoms with Gasteiger partial charge in [-0.15, -0.1) is 0 Å². The van der Waals surface area contributed by atoms with Gasteiger partial charge in [0.1, 0.15) is 5.75 Å². The van der Waals surface area contributed by atoms with E-state index in [0.29, 0.717) is 11.5 Å². The molecule has 1 N–H and O–H groups in total. The number of carbonyl (C=O) groups is 1. The highest BCUT2D eigenvalue weighted by atomic mass is 16.5. The van der Waals surface area contributed by atoms with Crippen molar-refractivity contribution < 1.29 is 9.53 Å². The van der Waals surface area contributed by atoms with Crippen LogP contribution < -0.4 is 10.2 Å². The summed E-state index contributed by atoms with van der Waals surface area (Å²) >= 11 is 0. The van der Waals surface area contributed by atoms with Gasteiger partial charge in [-0.05, 0) is 55.7 Å².